The molecule has 1 aromatic rings. The summed E-state index contributed by atoms with van der Waals surface area (Å²) in [5, 5.41) is 3.32. The smallest absolute Gasteiger partial charge is 0.242 e. The summed E-state index contributed by atoms with van der Waals surface area (Å²) in [6.45, 7) is 14.2. The molecule has 0 radical (unpaired) electrons. The zero-order valence-electron chi connectivity index (χ0n) is 14.3. The van der Waals surface area contributed by atoms with Crippen molar-refractivity contribution < 1.29 is 4.74 Å². The Labute approximate surface area is 128 Å². The van der Waals surface area contributed by atoms with E-state index in [1.165, 1.54) is 0 Å². The van der Waals surface area contributed by atoms with Crippen molar-refractivity contribution >= 4 is 11.5 Å². The molecule has 0 fully saturated rings. The van der Waals surface area contributed by atoms with Crippen LogP contribution in [0, 0.1) is 5.92 Å². The summed E-state index contributed by atoms with van der Waals surface area (Å²) in [4.78, 5) is 9.07. The molecule has 0 saturated carbocycles. The van der Waals surface area contributed by atoms with Gasteiger partial charge in [0, 0.05) is 12.0 Å². The van der Waals surface area contributed by atoms with Crippen LogP contribution in [0.1, 0.15) is 60.2 Å². The van der Waals surface area contributed by atoms with E-state index in [0.29, 0.717) is 29.9 Å². The molecule has 5 nitrogen and oxygen atoms in total. The fourth-order valence-corrected chi connectivity index (χ4v) is 1.71. The fourth-order valence-electron chi connectivity index (χ4n) is 1.71. The van der Waals surface area contributed by atoms with Crippen LogP contribution < -0.4 is 15.8 Å². The van der Waals surface area contributed by atoms with E-state index >= 15 is 0 Å². The minimum Gasteiger partial charge on any atom is -0.476 e. The van der Waals surface area contributed by atoms with Gasteiger partial charge in [0.05, 0.1) is 6.61 Å². The molecule has 0 aromatic carbocycles. The standard InChI is InChI=1S/C16H30N4O/c1-7-10-21-14-12(17)13(18-9-8-11(2)3)19-15(20-14)16(4,5)6/h11H,7-10,17H2,1-6H3,(H,18,19,20). The van der Waals surface area contributed by atoms with Gasteiger partial charge >= 0.3 is 0 Å². The summed E-state index contributed by atoms with van der Waals surface area (Å²) in [5.74, 6) is 2.55. The molecule has 0 saturated heterocycles. The third-order valence-corrected chi connectivity index (χ3v) is 3.04. The van der Waals surface area contributed by atoms with E-state index in [4.69, 9.17) is 10.5 Å². The normalized spacial score (nSPS) is 11.8. The summed E-state index contributed by atoms with van der Waals surface area (Å²) < 4.78 is 5.67. The van der Waals surface area contributed by atoms with Crippen LogP contribution in [0.5, 0.6) is 5.88 Å². The maximum atomic E-state index is 6.14. The number of nitrogens with one attached hydrogen (secondary N) is 1. The van der Waals surface area contributed by atoms with Crippen LogP contribution in [0.3, 0.4) is 0 Å². The van der Waals surface area contributed by atoms with Gasteiger partial charge in [0.2, 0.25) is 5.88 Å². The highest BCUT2D eigenvalue weighted by Crippen LogP contribution is 2.30. The first-order chi connectivity index (χ1) is 9.75. The molecule has 120 valence electrons. The average Bonchev–Trinajstić information content (AvgIpc) is 2.37. The van der Waals surface area contributed by atoms with Gasteiger partial charge in [0.15, 0.2) is 5.82 Å². The summed E-state index contributed by atoms with van der Waals surface area (Å²) >= 11 is 0. The Morgan fingerprint density at radius 1 is 1.24 bits per heavy atom. The van der Waals surface area contributed by atoms with E-state index in [9.17, 15) is 0 Å². The first kappa shape index (κ1) is 17.5. The quantitative estimate of drug-likeness (QED) is 0.803. The van der Waals surface area contributed by atoms with Crippen LogP contribution in [-0.2, 0) is 5.41 Å². The van der Waals surface area contributed by atoms with Gasteiger partial charge in [-0.1, -0.05) is 41.5 Å². The Morgan fingerprint density at radius 3 is 2.43 bits per heavy atom. The fraction of sp³-hybridized carbons (Fsp3) is 0.750. The van der Waals surface area contributed by atoms with Crippen LogP contribution in [-0.4, -0.2) is 23.1 Å². The topological polar surface area (TPSA) is 73.1 Å². The van der Waals surface area contributed by atoms with Crippen molar-refractivity contribution in [1.82, 2.24) is 9.97 Å². The Bertz CT molecular complexity index is 452. The molecule has 21 heavy (non-hydrogen) atoms. The van der Waals surface area contributed by atoms with Gasteiger partial charge in [-0.3, -0.25) is 0 Å². The zero-order chi connectivity index (χ0) is 16.0. The molecule has 0 aliphatic rings. The molecule has 1 heterocycles. The Kier molecular flexibility index (Phi) is 6.24. The Hall–Kier alpha value is -1.52. The van der Waals surface area contributed by atoms with Crippen LogP contribution >= 0.6 is 0 Å². The van der Waals surface area contributed by atoms with Gasteiger partial charge in [-0.15, -0.1) is 0 Å². The number of ether oxygens (including phenoxy) is 1. The summed E-state index contributed by atoms with van der Waals surface area (Å²) in [6, 6.07) is 0. The molecule has 0 unspecified atom stereocenters. The highest BCUT2D eigenvalue weighted by Gasteiger charge is 2.22. The number of nitrogens with zero attached hydrogens (tertiary/aromatic N) is 2. The van der Waals surface area contributed by atoms with E-state index in [2.05, 4.69) is 56.8 Å². The predicted molar refractivity (Wildman–Crippen MR) is 88.9 cm³/mol. The van der Waals surface area contributed by atoms with Gasteiger partial charge in [-0.05, 0) is 18.8 Å². The van der Waals surface area contributed by atoms with Crippen LogP contribution in [0.2, 0.25) is 0 Å². The van der Waals surface area contributed by atoms with E-state index < -0.39 is 0 Å². The van der Waals surface area contributed by atoms with Crippen molar-refractivity contribution in [2.24, 2.45) is 5.92 Å². The molecule has 0 aliphatic heterocycles. The summed E-state index contributed by atoms with van der Waals surface area (Å²) in [6.07, 6.45) is 1.99. The Balaban J connectivity index is 3.03. The first-order valence-electron chi connectivity index (χ1n) is 7.80. The van der Waals surface area contributed by atoms with Gasteiger partial charge in [-0.25, -0.2) is 4.98 Å². The molecule has 0 aliphatic carbocycles. The van der Waals surface area contributed by atoms with Gasteiger partial charge in [0.25, 0.3) is 0 Å². The second-order valence-electron chi connectivity index (χ2n) is 6.82. The number of anilines is 2. The molecular weight excluding hydrogens is 264 g/mol. The monoisotopic (exact) mass is 294 g/mol. The lowest BCUT2D eigenvalue weighted by molar-refractivity contribution is 0.303. The maximum absolute atomic E-state index is 6.14. The lowest BCUT2D eigenvalue weighted by Gasteiger charge is -2.20. The van der Waals surface area contributed by atoms with Crippen molar-refractivity contribution in [2.45, 2.75) is 59.8 Å². The highest BCUT2D eigenvalue weighted by atomic mass is 16.5. The summed E-state index contributed by atoms with van der Waals surface area (Å²) in [7, 11) is 0. The van der Waals surface area contributed by atoms with E-state index in [1.807, 2.05) is 0 Å². The largest absolute Gasteiger partial charge is 0.476 e. The maximum Gasteiger partial charge on any atom is 0.242 e. The number of nitrogen functional groups attached to an aromatic ring is 1. The number of hydrogen-bond acceptors (Lipinski definition) is 5. The molecule has 3 N–H and O–H groups in total. The van der Waals surface area contributed by atoms with Crippen molar-refractivity contribution in [2.75, 3.05) is 24.2 Å². The van der Waals surface area contributed by atoms with Gasteiger partial charge in [-0.2, -0.15) is 4.98 Å². The Morgan fingerprint density at radius 2 is 1.90 bits per heavy atom. The predicted octanol–water partition coefficient (Wildman–Crippen LogP) is 3.60. The van der Waals surface area contributed by atoms with Crippen LogP contribution in [0.15, 0.2) is 0 Å². The minimum absolute atomic E-state index is 0.146. The highest BCUT2D eigenvalue weighted by molar-refractivity contribution is 5.67. The lowest BCUT2D eigenvalue weighted by atomic mass is 9.96. The number of aromatic nitrogens is 2. The van der Waals surface area contributed by atoms with Crippen LogP contribution in [0.25, 0.3) is 0 Å². The number of hydrogen-bond donors (Lipinski definition) is 2. The number of rotatable bonds is 7. The first-order valence-corrected chi connectivity index (χ1v) is 7.80. The van der Waals surface area contributed by atoms with Crippen molar-refractivity contribution in [3.8, 4) is 5.88 Å². The van der Waals surface area contributed by atoms with Crippen molar-refractivity contribution in [3.63, 3.8) is 0 Å². The van der Waals surface area contributed by atoms with Crippen molar-refractivity contribution in [3.05, 3.63) is 5.82 Å². The zero-order valence-corrected chi connectivity index (χ0v) is 14.3. The molecule has 0 spiro atoms. The SMILES string of the molecule is CCCOc1nc(C(C)(C)C)nc(NCCC(C)C)c1N. The molecule has 1 aromatic heterocycles. The van der Waals surface area contributed by atoms with E-state index in [0.717, 1.165) is 25.2 Å². The molecule has 0 amide bonds. The van der Waals surface area contributed by atoms with Crippen LogP contribution in [0.4, 0.5) is 11.5 Å². The third-order valence-electron chi connectivity index (χ3n) is 3.04. The molecule has 1 rings (SSSR count). The van der Waals surface area contributed by atoms with Gasteiger partial charge < -0.3 is 15.8 Å². The van der Waals surface area contributed by atoms with E-state index in [1.54, 1.807) is 0 Å². The second-order valence-corrected chi connectivity index (χ2v) is 6.82. The van der Waals surface area contributed by atoms with E-state index in [-0.39, 0.29) is 5.41 Å². The summed E-state index contributed by atoms with van der Waals surface area (Å²) in [5.41, 5.74) is 6.49. The lowest BCUT2D eigenvalue weighted by Crippen LogP contribution is -2.20. The van der Waals surface area contributed by atoms with Gasteiger partial charge in [0.1, 0.15) is 11.5 Å². The third kappa shape index (κ3) is 5.40. The minimum atomic E-state index is -0.146. The number of nitrogens with two attached hydrogens (primary N) is 1. The second kappa shape index (κ2) is 7.48. The molecular formula is C16H30N4O. The van der Waals surface area contributed by atoms with Crippen molar-refractivity contribution in [1.29, 1.82) is 0 Å². The average molecular weight is 294 g/mol. The molecule has 5 heteroatoms. The molecule has 0 atom stereocenters. The molecule has 0 bridgehead atoms.